The molecule has 18 heavy (non-hydrogen) atoms. The molecule has 2 N–H and O–H groups in total. The summed E-state index contributed by atoms with van der Waals surface area (Å²) >= 11 is 0. The predicted molar refractivity (Wildman–Crippen MR) is 67.9 cm³/mol. The predicted octanol–water partition coefficient (Wildman–Crippen LogP) is 2.46. The van der Waals surface area contributed by atoms with E-state index in [1.165, 1.54) is 24.3 Å². The van der Waals surface area contributed by atoms with Gasteiger partial charge in [-0.1, -0.05) is 0 Å². The van der Waals surface area contributed by atoms with Gasteiger partial charge in [-0.2, -0.15) is 0 Å². The van der Waals surface area contributed by atoms with Crippen LogP contribution in [0.15, 0.2) is 48.5 Å². The first-order valence-corrected chi connectivity index (χ1v) is 5.34. The van der Waals surface area contributed by atoms with E-state index >= 15 is 0 Å². The highest BCUT2D eigenvalue weighted by molar-refractivity contribution is 6.04. The molecule has 0 aromatic heterocycles. The van der Waals surface area contributed by atoms with Gasteiger partial charge in [0.15, 0.2) is 0 Å². The molecule has 4 heteroatoms. The largest absolute Gasteiger partial charge is 0.508 e. The van der Waals surface area contributed by atoms with Crippen molar-refractivity contribution in [1.29, 1.82) is 0 Å². The maximum absolute atomic E-state index is 11.8. The second-order valence-corrected chi connectivity index (χ2v) is 3.74. The molecular formula is C14H11NO3. The van der Waals surface area contributed by atoms with Crippen LogP contribution in [0.4, 0.5) is 5.69 Å². The zero-order valence-corrected chi connectivity index (χ0v) is 9.46. The van der Waals surface area contributed by atoms with Gasteiger partial charge in [-0.05, 0) is 48.5 Å². The van der Waals surface area contributed by atoms with Crippen molar-refractivity contribution in [2.24, 2.45) is 0 Å². The number of anilines is 1. The minimum atomic E-state index is -0.270. The number of aldehydes is 1. The Hall–Kier alpha value is -2.62. The first-order chi connectivity index (χ1) is 8.69. The van der Waals surface area contributed by atoms with Crippen molar-refractivity contribution >= 4 is 17.9 Å². The highest BCUT2D eigenvalue weighted by atomic mass is 16.3. The number of rotatable bonds is 3. The molecule has 0 aliphatic carbocycles. The molecule has 4 nitrogen and oxygen atoms in total. The summed E-state index contributed by atoms with van der Waals surface area (Å²) in [6.07, 6.45) is 0.742. The summed E-state index contributed by atoms with van der Waals surface area (Å²) < 4.78 is 0. The number of phenolic OH excluding ortho intramolecular Hbond substituents is 1. The first-order valence-electron chi connectivity index (χ1n) is 5.34. The quantitative estimate of drug-likeness (QED) is 0.811. The number of amides is 1. The summed E-state index contributed by atoms with van der Waals surface area (Å²) in [6, 6.07) is 12.5. The molecule has 0 aliphatic rings. The van der Waals surface area contributed by atoms with Gasteiger partial charge in [0, 0.05) is 16.8 Å². The third-order valence-electron chi connectivity index (χ3n) is 2.43. The summed E-state index contributed by atoms with van der Waals surface area (Å²) in [5.41, 5.74) is 1.61. The average molecular weight is 241 g/mol. The van der Waals surface area contributed by atoms with Crippen LogP contribution in [-0.2, 0) is 0 Å². The fourth-order valence-corrected chi connectivity index (χ4v) is 1.46. The summed E-state index contributed by atoms with van der Waals surface area (Å²) in [6.45, 7) is 0. The van der Waals surface area contributed by atoms with E-state index in [2.05, 4.69) is 5.32 Å². The van der Waals surface area contributed by atoms with Gasteiger partial charge < -0.3 is 10.4 Å². The number of carbonyl (C=O) groups excluding carboxylic acids is 2. The Balaban J connectivity index is 2.10. The van der Waals surface area contributed by atoms with Crippen molar-refractivity contribution in [2.75, 3.05) is 5.32 Å². The lowest BCUT2D eigenvalue weighted by Crippen LogP contribution is -2.11. The van der Waals surface area contributed by atoms with E-state index in [0.29, 0.717) is 16.8 Å². The van der Waals surface area contributed by atoms with Crippen molar-refractivity contribution < 1.29 is 14.7 Å². The SMILES string of the molecule is O=Cc1ccc(NC(=O)c2ccc(O)cc2)cc1. The van der Waals surface area contributed by atoms with E-state index in [-0.39, 0.29) is 11.7 Å². The van der Waals surface area contributed by atoms with Crippen LogP contribution in [0, 0.1) is 0 Å². The molecule has 0 aliphatic heterocycles. The van der Waals surface area contributed by atoms with Gasteiger partial charge in [0.2, 0.25) is 0 Å². The Bertz CT molecular complexity index is 559. The molecule has 0 heterocycles. The van der Waals surface area contributed by atoms with Crippen LogP contribution in [-0.4, -0.2) is 17.3 Å². The molecule has 0 bridgehead atoms. The average Bonchev–Trinajstić information content (AvgIpc) is 2.40. The molecule has 0 fully saturated rings. The molecule has 1 amide bonds. The number of benzene rings is 2. The van der Waals surface area contributed by atoms with Crippen LogP contribution < -0.4 is 5.32 Å². The minimum absolute atomic E-state index is 0.113. The van der Waals surface area contributed by atoms with Crippen LogP contribution in [0.2, 0.25) is 0 Å². The first kappa shape index (κ1) is 11.9. The number of hydrogen-bond acceptors (Lipinski definition) is 3. The summed E-state index contributed by atoms with van der Waals surface area (Å²) in [7, 11) is 0. The summed E-state index contributed by atoms with van der Waals surface area (Å²) in [5, 5.41) is 11.8. The molecule has 0 unspecified atom stereocenters. The smallest absolute Gasteiger partial charge is 0.255 e. The molecule has 0 saturated carbocycles. The van der Waals surface area contributed by atoms with Crippen LogP contribution in [0.25, 0.3) is 0 Å². The number of phenols is 1. The Morgan fingerprint density at radius 2 is 1.61 bits per heavy atom. The lowest BCUT2D eigenvalue weighted by atomic mass is 10.2. The van der Waals surface area contributed by atoms with Gasteiger partial charge in [-0.25, -0.2) is 0 Å². The molecule has 90 valence electrons. The summed E-state index contributed by atoms with van der Waals surface area (Å²) in [4.78, 5) is 22.3. The van der Waals surface area contributed by atoms with Crippen molar-refractivity contribution in [1.82, 2.24) is 0 Å². The van der Waals surface area contributed by atoms with Crippen LogP contribution in [0.5, 0.6) is 5.75 Å². The summed E-state index contributed by atoms with van der Waals surface area (Å²) in [5.74, 6) is -0.157. The molecular weight excluding hydrogens is 230 g/mol. The monoisotopic (exact) mass is 241 g/mol. The Kier molecular flexibility index (Phi) is 3.38. The van der Waals surface area contributed by atoms with Crippen LogP contribution >= 0.6 is 0 Å². The zero-order valence-electron chi connectivity index (χ0n) is 9.46. The van der Waals surface area contributed by atoms with Crippen molar-refractivity contribution in [3.8, 4) is 5.75 Å². The standard InChI is InChI=1S/C14H11NO3/c16-9-10-1-5-12(6-2-10)15-14(18)11-3-7-13(17)8-4-11/h1-9,17H,(H,15,18). The Labute approximate surface area is 104 Å². The van der Waals surface area contributed by atoms with Crippen molar-refractivity contribution in [3.63, 3.8) is 0 Å². The van der Waals surface area contributed by atoms with Gasteiger partial charge in [0.1, 0.15) is 12.0 Å². The van der Waals surface area contributed by atoms with E-state index in [9.17, 15) is 9.59 Å². The lowest BCUT2D eigenvalue weighted by molar-refractivity contribution is 0.102. The minimum Gasteiger partial charge on any atom is -0.508 e. The van der Waals surface area contributed by atoms with E-state index in [4.69, 9.17) is 5.11 Å². The fourth-order valence-electron chi connectivity index (χ4n) is 1.46. The van der Waals surface area contributed by atoms with Crippen LogP contribution in [0.3, 0.4) is 0 Å². The second kappa shape index (κ2) is 5.14. The fraction of sp³-hybridized carbons (Fsp3) is 0. The number of nitrogens with one attached hydrogen (secondary N) is 1. The maximum atomic E-state index is 11.8. The van der Waals surface area contributed by atoms with E-state index in [0.717, 1.165) is 6.29 Å². The lowest BCUT2D eigenvalue weighted by Gasteiger charge is -2.05. The zero-order chi connectivity index (χ0) is 13.0. The third kappa shape index (κ3) is 2.74. The molecule has 0 radical (unpaired) electrons. The third-order valence-corrected chi connectivity index (χ3v) is 2.43. The van der Waals surface area contributed by atoms with Gasteiger partial charge >= 0.3 is 0 Å². The van der Waals surface area contributed by atoms with E-state index < -0.39 is 0 Å². The second-order valence-electron chi connectivity index (χ2n) is 3.74. The van der Waals surface area contributed by atoms with E-state index in [1.54, 1.807) is 24.3 Å². The van der Waals surface area contributed by atoms with Crippen molar-refractivity contribution in [2.45, 2.75) is 0 Å². The maximum Gasteiger partial charge on any atom is 0.255 e. The topological polar surface area (TPSA) is 66.4 Å². The van der Waals surface area contributed by atoms with Gasteiger partial charge in [-0.15, -0.1) is 0 Å². The van der Waals surface area contributed by atoms with E-state index in [1.807, 2.05) is 0 Å². The number of carbonyl (C=O) groups is 2. The number of aromatic hydroxyl groups is 1. The molecule has 2 aromatic carbocycles. The highest BCUT2D eigenvalue weighted by Crippen LogP contribution is 2.13. The molecule has 0 spiro atoms. The number of hydrogen-bond donors (Lipinski definition) is 2. The molecule has 0 saturated heterocycles. The van der Waals surface area contributed by atoms with Gasteiger partial charge in [0.25, 0.3) is 5.91 Å². The molecule has 2 aromatic rings. The molecule has 2 rings (SSSR count). The normalized spacial score (nSPS) is 9.78. The van der Waals surface area contributed by atoms with Crippen LogP contribution in [0.1, 0.15) is 20.7 Å². The Morgan fingerprint density at radius 3 is 2.17 bits per heavy atom. The van der Waals surface area contributed by atoms with Crippen molar-refractivity contribution in [3.05, 3.63) is 59.7 Å². The molecule has 0 atom stereocenters. The van der Waals surface area contributed by atoms with Gasteiger partial charge in [-0.3, -0.25) is 9.59 Å². The highest BCUT2D eigenvalue weighted by Gasteiger charge is 2.05. The van der Waals surface area contributed by atoms with Gasteiger partial charge in [0.05, 0.1) is 0 Å². The Morgan fingerprint density at radius 1 is 1.00 bits per heavy atom.